The lowest BCUT2D eigenvalue weighted by Gasteiger charge is -2.41. The molecule has 1 aliphatic carbocycles. The molecule has 0 radical (unpaired) electrons. The van der Waals surface area contributed by atoms with Crippen molar-refractivity contribution in [3.8, 4) is 0 Å². The van der Waals surface area contributed by atoms with Crippen LogP contribution < -0.4 is 4.72 Å². The number of rotatable bonds is 5. The molecule has 1 saturated carbocycles. The second kappa shape index (κ2) is 5.23. The van der Waals surface area contributed by atoms with Crippen LogP contribution >= 0.6 is 27.3 Å². The van der Waals surface area contributed by atoms with E-state index in [9.17, 15) is 8.42 Å². The lowest BCUT2D eigenvalue weighted by Crippen LogP contribution is -2.41. The first-order chi connectivity index (χ1) is 8.38. The molecule has 3 nitrogen and oxygen atoms in total. The first-order valence-corrected chi connectivity index (χ1v) is 9.23. The lowest BCUT2D eigenvalue weighted by atomic mass is 9.67. The monoisotopic (exact) mass is 351 g/mol. The molecule has 0 bridgehead atoms. The van der Waals surface area contributed by atoms with Crippen LogP contribution in [0.4, 0.5) is 0 Å². The number of sulfonamides is 1. The summed E-state index contributed by atoms with van der Waals surface area (Å²) in [5.41, 5.74) is 0.203. The highest BCUT2D eigenvalue weighted by Crippen LogP contribution is 2.43. The molecule has 1 aromatic rings. The maximum absolute atomic E-state index is 12.2. The van der Waals surface area contributed by atoms with Crippen molar-refractivity contribution in [2.45, 2.75) is 44.4 Å². The van der Waals surface area contributed by atoms with Gasteiger partial charge in [0.05, 0.1) is 8.68 Å². The molecule has 0 atom stereocenters. The first-order valence-electron chi connectivity index (χ1n) is 6.14. The molecule has 0 spiro atoms. The molecule has 1 heterocycles. The van der Waals surface area contributed by atoms with Crippen molar-refractivity contribution in [3.63, 3.8) is 0 Å². The van der Waals surface area contributed by atoms with Crippen molar-refractivity contribution in [1.82, 2.24) is 4.72 Å². The van der Waals surface area contributed by atoms with E-state index in [0.717, 1.165) is 27.9 Å². The van der Waals surface area contributed by atoms with Crippen LogP contribution in [-0.4, -0.2) is 15.0 Å². The average molecular weight is 352 g/mol. The molecule has 102 valence electrons. The van der Waals surface area contributed by atoms with E-state index in [1.165, 1.54) is 17.8 Å². The Morgan fingerprint density at radius 3 is 2.56 bits per heavy atom. The normalized spacial score (nSPS) is 18.6. The summed E-state index contributed by atoms with van der Waals surface area (Å²) >= 11 is 4.78. The molecule has 6 heteroatoms. The topological polar surface area (TPSA) is 46.2 Å². The fourth-order valence-corrected chi connectivity index (χ4v) is 5.92. The highest BCUT2D eigenvalue weighted by molar-refractivity contribution is 9.11. The maximum atomic E-state index is 12.2. The quantitative estimate of drug-likeness (QED) is 0.879. The number of thiophene rings is 1. The van der Waals surface area contributed by atoms with Crippen molar-refractivity contribution < 1.29 is 8.42 Å². The second-order valence-electron chi connectivity index (χ2n) is 5.00. The summed E-state index contributed by atoms with van der Waals surface area (Å²) in [7, 11) is -3.36. The van der Waals surface area contributed by atoms with Gasteiger partial charge in [-0.05, 0) is 53.6 Å². The van der Waals surface area contributed by atoms with Crippen LogP contribution in [0.15, 0.2) is 14.7 Å². The third-order valence-corrected chi connectivity index (χ3v) is 7.14. The zero-order valence-electron chi connectivity index (χ0n) is 10.6. The Morgan fingerprint density at radius 2 is 2.17 bits per heavy atom. The standard InChI is InChI=1S/C12H18BrNO2S2/c1-3-12(5-4-6-12)8-14-18(15,16)10-7-11(13)17-9(10)2/h7,14H,3-6,8H2,1-2H3. The highest BCUT2D eigenvalue weighted by Gasteiger charge is 2.36. The number of hydrogen-bond donors (Lipinski definition) is 1. The molecule has 0 amide bonds. The van der Waals surface area contributed by atoms with Gasteiger partial charge in [-0.1, -0.05) is 13.3 Å². The van der Waals surface area contributed by atoms with Gasteiger partial charge in [-0.3, -0.25) is 0 Å². The van der Waals surface area contributed by atoms with E-state index in [4.69, 9.17) is 0 Å². The van der Waals surface area contributed by atoms with E-state index in [0.29, 0.717) is 11.4 Å². The molecule has 0 aromatic carbocycles. The van der Waals surface area contributed by atoms with Crippen molar-refractivity contribution in [3.05, 3.63) is 14.7 Å². The molecule has 1 aliphatic rings. The molecule has 0 unspecified atom stereocenters. The van der Waals surface area contributed by atoms with E-state index < -0.39 is 10.0 Å². The van der Waals surface area contributed by atoms with E-state index in [-0.39, 0.29) is 5.41 Å². The maximum Gasteiger partial charge on any atom is 0.241 e. The van der Waals surface area contributed by atoms with E-state index in [1.54, 1.807) is 6.07 Å². The predicted molar refractivity (Wildman–Crippen MR) is 78.5 cm³/mol. The van der Waals surface area contributed by atoms with Crippen molar-refractivity contribution in [1.29, 1.82) is 0 Å². The largest absolute Gasteiger partial charge is 0.241 e. The number of halogens is 1. The minimum atomic E-state index is -3.36. The molecule has 1 aromatic heterocycles. The van der Waals surface area contributed by atoms with Crippen LogP contribution in [-0.2, 0) is 10.0 Å². The lowest BCUT2D eigenvalue weighted by molar-refractivity contribution is 0.133. The SMILES string of the molecule is CCC1(CNS(=O)(=O)c2cc(Br)sc2C)CCC1. The Bertz CT molecular complexity index is 527. The summed E-state index contributed by atoms with van der Waals surface area (Å²) in [6, 6.07) is 1.68. The smallest absolute Gasteiger partial charge is 0.211 e. The molecule has 0 aliphatic heterocycles. The molecular weight excluding hydrogens is 334 g/mol. The van der Waals surface area contributed by atoms with Crippen molar-refractivity contribution in [2.75, 3.05) is 6.54 Å². The van der Waals surface area contributed by atoms with Gasteiger partial charge >= 0.3 is 0 Å². The molecule has 2 rings (SSSR count). The van der Waals surface area contributed by atoms with Gasteiger partial charge in [0.15, 0.2) is 0 Å². The number of aryl methyl sites for hydroxylation is 1. The van der Waals surface area contributed by atoms with E-state index in [2.05, 4.69) is 27.6 Å². The number of hydrogen-bond acceptors (Lipinski definition) is 3. The summed E-state index contributed by atoms with van der Waals surface area (Å²) in [6.07, 6.45) is 4.54. The summed E-state index contributed by atoms with van der Waals surface area (Å²) < 4.78 is 28.1. The molecule has 1 N–H and O–H groups in total. The third-order valence-electron chi connectivity index (χ3n) is 3.93. The van der Waals surface area contributed by atoms with Crippen LogP contribution in [0.2, 0.25) is 0 Å². The van der Waals surface area contributed by atoms with Crippen molar-refractivity contribution in [2.24, 2.45) is 5.41 Å². The molecular formula is C12H18BrNO2S2. The minimum Gasteiger partial charge on any atom is -0.211 e. The molecule has 1 fully saturated rings. The van der Waals surface area contributed by atoms with Gasteiger partial charge in [0.2, 0.25) is 10.0 Å². The third kappa shape index (κ3) is 2.81. The van der Waals surface area contributed by atoms with E-state index in [1.807, 2.05) is 6.92 Å². The van der Waals surface area contributed by atoms with Crippen molar-refractivity contribution >= 4 is 37.3 Å². The highest BCUT2D eigenvalue weighted by atomic mass is 79.9. The Morgan fingerprint density at radius 1 is 1.50 bits per heavy atom. The van der Waals surface area contributed by atoms with Gasteiger partial charge in [-0.25, -0.2) is 13.1 Å². The fourth-order valence-electron chi connectivity index (χ4n) is 2.36. The summed E-state index contributed by atoms with van der Waals surface area (Å²) in [5, 5.41) is 0. The van der Waals surface area contributed by atoms with Crippen LogP contribution in [0.1, 0.15) is 37.5 Å². The van der Waals surface area contributed by atoms with Gasteiger partial charge in [0.1, 0.15) is 0 Å². The van der Waals surface area contributed by atoms with E-state index >= 15 is 0 Å². The second-order valence-corrected chi connectivity index (χ2v) is 9.37. The fraction of sp³-hybridized carbons (Fsp3) is 0.667. The van der Waals surface area contributed by atoms with Gasteiger partial charge < -0.3 is 0 Å². The van der Waals surface area contributed by atoms with Gasteiger partial charge in [-0.2, -0.15) is 0 Å². The number of nitrogens with one attached hydrogen (secondary N) is 1. The summed E-state index contributed by atoms with van der Waals surface area (Å²) in [5.74, 6) is 0. The van der Waals surface area contributed by atoms with Gasteiger partial charge in [0, 0.05) is 11.4 Å². The van der Waals surface area contributed by atoms with Crippen LogP contribution in [0.5, 0.6) is 0 Å². The zero-order chi connectivity index (χ0) is 13.4. The molecule has 0 saturated heterocycles. The van der Waals surface area contributed by atoms with Gasteiger partial charge in [-0.15, -0.1) is 11.3 Å². The summed E-state index contributed by atoms with van der Waals surface area (Å²) in [6.45, 7) is 4.54. The Hall–Kier alpha value is 0.0900. The Kier molecular flexibility index (Phi) is 4.21. The van der Waals surface area contributed by atoms with Crippen LogP contribution in [0.3, 0.4) is 0 Å². The average Bonchev–Trinajstić information content (AvgIpc) is 2.57. The Labute approximate surface area is 121 Å². The first kappa shape index (κ1) is 14.5. The Balaban J connectivity index is 2.10. The molecule has 18 heavy (non-hydrogen) atoms. The summed E-state index contributed by atoms with van der Waals surface area (Å²) in [4.78, 5) is 1.23. The predicted octanol–water partition coefficient (Wildman–Crippen LogP) is 3.68. The van der Waals surface area contributed by atoms with Crippen LogP contribution in [0, 0.1) is 12.3 Å². The minimum absolute atomic E-state index is 0.203. The zero-order valence-corrected chi connectivity index (χ0v) is 13.8. The van der Waals surface area contributed by atoms with Gasteiger partial charge in [0.25, 0.3) is 0 Å². The van der Waals surface area contributed by atoms with Crippen LogP contribution in [0.25, 0.3) is 0 Å².